The van der Waals surface area contributed by atoms with Crippen molar-refractivity contribution in [3.63, 3.8) is 0 Å². The highest BCUT2D eigenvalue weighted by molar-refractivity contribution is 6.76. The van der Waals surface area contributed by atoms with Crippen molar-refractivity contribution in [1.82, 2.24) is 14.5 Å². The number of imidazole rings is 1. The van der Waals surface area contributed by atoms with Crippen molar-refractivity contribution >= 4 is 31.8 Å². The molecule has 0 aliphatic rings. The van der Waals surface area contributed by atoms with Gasteiger partial charge >= 0.3 is 7.12 Å². The molecule has 0 aliphatic heterocycles. The molecule has 150 valence electrons. The van der Waals surface area contributed by atoms with Crippen molar-refractivity contribution in [2.24, 2.45) is 0 Å². The van der Waals surface area contributed by atoms with Crippen LogP contribution >= 0.6 is 0 Å². The van der Waals surface area contributed by atoms with E-state index in [4.69, 9.17) is 9.39 Å². The van der Waals surface area contributed by atoms with Gasteiger partial charge in [0.05, 0.1) is 17.5 Å². The Labute approximate surface area is 162 Å². The maximum Gasteiger partial charge on any atom is 0.493 e. The van der Waals surface area contributed by atoms with E-state index in [0.717, 1.165) is 12.7 Å². The monoisotopic (exact) mass is 393 g/mol. The largest absolute Gasteiger partial charge is 0.493 e. The Morgan fingerprint density at radius 2 is 1.85 bits per heavy atom. The smallest absolute Gasteiger partial charge is 0.423 e. The van der Waals surface area contributed by atoms with E-state index in [9.17, 15) is 10.1 Å². The molecule has 9 heteroatoms. The van der Waals surface area contributed by atoms with E-state index in [1.54, 1.807) is 46.3 Å². The molecule has 2 N–H and O–H groups in total. The molecule has 27 heavy (non-hydrogen) atoms. The van der Waals surface area contributed by atoms with Crippen LogP contribution in [0.2, 0.25) is 25.7 Å². The topological polar surface area (TPSA) is 89.6 Å². The predicted molar refractivity (Wildman–Crippen MR) is 111 cm³/mol. The lowest BCUT2D eigenvalue weighted by Crippen LogP contribution is -2.53. The second-order valence-corrected chi connectivity index (χ2v) is 14.8. The van der Waals surface area contributed by atoms with E-state index in [0.29, 0.717) is 23.4 Å². The molecule has 0 saturated heterocycles. The summed E-state index contributed by atoms with van der Waals surface area (Å²) in [6, 6.07) is 2.85. The summed E-state index contributed by atoms with van der Waals surface area (Å²) in [5.41, 5.74) is -0.207. The van der Waals surface area contributed by atoms with Crippen molar-refractivity contribution < 1.29 is 19.5 Å². The van der Waals surface area contributed by atoms with Gasteiger partial charge in [0, 0.05) is 26.3 Å². The fraction of sp³-hybridized carbons (Fsp3) is 0.667. The number of ether oxygens (including phenoxy) is 1. The van der Waals surface area contributed by atoms with Crippen LogP contribution in [0.15, 0.2) is 18.6 Å². The first-order valence-corrected chi connectivity index (χ1v) is 13.0. The van der Waals surface area contributed by atoms with Crippen molar-refractivity contribution in [3.8, 4) is 0 Å². The summed E-state index contributed by atoms with van der Waals surface area (Å²) in [5.74, 6) is 0. The SMILES string of the molecule is CC(C)(O)C(C)(C)OB(O)c1cnc2c(c1)ncn2COCC[Si](C)(C)C. The zero-order valence-corrected chi connectivity index (χ0v) is 18.5. The highest BCUT2D eigenvalue weighted by atomic mass is 28.3. The average molecular weight is 393 g/mol. The lowest BCUT2D eigenvalue weighted by molar-refractivity contribution is -0.0982. The third kappa shape index (κ3) is 5.86. The third-order valence-corrected chi connectivity index (χ3v) is 6.57. The third-order valence-electron chi connectivity index (χ3n) is 4.87. The standard InChI is InChI=1S/C18H32BN3O4Si/c1-17(2,23)18(3,4)26-19(24)14-10-15-16(20-11-14)22(12-21-15)13-25-8-9-27(5,6)7/h10-12,23-24H,8-9,13H2,1-7H3. The molecule has 2 aromatic heterocycles. The van der Waals surface area contributed by atoms with Gasteiger partial charge in [-0.3, -0.25) is 4.57 Å². The average Bonchev–Trinajstić information content (AvgIpc) is 2.91. The summed E-state index contributed by atoms with van der Waals surface area (Å²) in [6.45, 7) is 14.8. The van der Waals surface area contributed by atoms with Crippen molar-refractivity contribution in [3.05, 3.63) is 18.6 Å². The Bertz CT molecular complexity index is 768. The van der Waals surface area contributed by atoms with Crippen LogP contribution in [-0.4, -0.2) is 57.7 Å². The minimum absolute atomic E-state index is 0.401. The molecule has 0 atom stereocenters. The molecule has 0 spiro atoms. The quantitative estimate of drug-likeness (QED) is 0.500. The number of fused-ring (bicyclic) bond motifs is 1. The van der Waals surface area contributed by atoms with Crippen LogP contribution in [0.3, 0.4) is 0 Å². The summed E-state index contributed by atoms with van der Waals surface area (Å²) >= 11 is 0. The van der Waals surface area contributed by atoms with Gasteiger partial charge in [-0.2, -0.15) is 0 Å². The summed E-state index contributed by atoms with van der Waals surface area (Å²) in [4.78, 5) is 8.76. The lowest BCUT2D eigenvalue weighted by Gasteiger charge is -2.38. The van der Waals surface area contributed by atoms with Crippen molar-refractivity contribution in [1.29, 1.82) is 0 Å². The Hall–Kier alpha value is -1.26. The molecule has 0 unspecified atom stereocenters. The number of aliphatic hydroxyl groups is 1. The number of rotatable bonds is 9. The molecule has 0 bridgehead atoms. The van der Waals surface area contributed by atoms with E-state index in [1.807, 2.05) is 4.57 Å². The fourth-order valence-corrected chi connectivity index (χ4v) is 2.98. The van der Waals surface area contributed by atoms with Gasteiger partial charge in [0.1, 0.15) is 12.2 Å². The van der Waals surface area contributed by atoms with E-state index in [2.05, 4.69) is 29.6 Å². The highest BCUT2D eigenvalue weighted by Crippen LogP contribution is 2.25. The van der Waals surface area contributed by atoms with Gasteiger partial charge < -0.3 is 19.5 Å². The van der Waals surface area contributed by atoms with Crippen molar-refractivity contribution in [2.45, 2.75) is 71.3 Å². The van der Waals surface area contributed by atoms with Gasteiger partial charge in [0.2, 0.25) is 0 Å². The van der Waals surface area contributed by atoms with Gasteiger partial charge in [0.15, 0.2) is 5.65 Å². The molecule has 2 heterocycles. The van der Waals surface area contributed by atoms with E-state index in [-0.39, 0.29) is 0 Å². The Morgan fingerprint density at radius 1 is 1.19 bits per heavy atom. The summed E-state index contributed by atoms with van der Waals surface area (Å²) in [6.07, 6.45) is 3.25. The second kappa shape index (κ2) is 8.00. The van der Waals surface area contributed by atoms with Crippen LogP contribution in [0.4, 0.5) is 0 Å². The fourth-order valence-electron chi connectivity index (χ4n) is 2.23. The zero-order valence-electron chi connectivity index (χ0n) is 17.5. The van der Waals surface area contributed by atoms with Crippen molar-refractivity contribution in [2.75, 3.05) is 6.61 Å². The Kier molecular flexibility index (Phi) is 6.53. The molecule has 0 aromatic carbocycles. The minimum atomic E-state index is -1.21. The summed E-state index contributed by atoms with van der Waals surface area (Å²) in [7, 11) is -2.32. The van der Waals surface area contributed by atoms with Gasteiger partial charge in [-0.1, -0.05) is 19.6 Å². The molecule has 0 amide bonds. The van der Waals surface area contributed by atoms with Crippen LogP contribution in [-0.2, 0) is 16.1 Å². The first-order chi connectivity index (χ1) is 12.3. The van der Waals surface area contributed by atoms with E-state index < -0.39 is 26.4 Å². The van der Waals surface area contributed by atoms with E-state index >= 15 is 0 Å². The maximum atomic E-state index is 10.4. The first-order valence-electron chi connectivity index (χ1n) is 9.27. The number of pyridine rings is 1. The van der Waals surface area contributed by atoms with Gasteiger partial charge in [0.25, 0.3) is 0 Å². The molecular weight excluding hydrogens is 361 g/mol. The Morgan fingerprint density at radius 3 is 2.44 bits per heavy atom. The molecular formula is C18H32BN3O4Si. The van der Waals surface area contributed by atoms with Gasteiger partial charge in [-0.25, -0.2) is 9.97 Å². The normalized spacial score (nSPS) is 13.4. The molecule has 0 radical (unpaired) electrons. The molecule has 0 saturated carbocycles. The number of hydrogen-bond acceptors (Lipinski definition) is 6. The van der Waals surface area contributed by atoms with Crippen LogP contribution in [0, 0.1) is 0 Å². The van der Waals surface area contributed by atoms with Crippen LogP contribution in [0.1, 0.15) is 27.7 Å². The summed E-state index contributed by atoms with van der Waals surface area (Å²) < 4.78 is 13.3. The highest BCUT2D eigenvalue weighted by Gasteiger charge is 2.39. The minimum Gasteiger partial charge on any atom is -0.423 e. The van der Waals surface area contributed by atoms with Gasteiger partial charge in [-0.05, 0) is 39.8 Å². The number of aromatic nitrogens is 3. The molecule has 2 aromatic rings. The lowest BCUT2D eigenvalue weighted by atomic mass is 9.77. The molecule has 2 rings (SSSR count). The first kappa shape index (κ1) is 22.0. The molecule has 7 nitrogen and oxygen atoms in total. The Balaban J connectivity index is 2.06. The van der Waals surface area contributed by atoms with Gasteiger partial charge in [-0.15, -0.1) is 0 Å². The molecule has 0 fully saturated rings. The molecule has 0 aliphatic carbocycles. The van der Waals surface area contributed by atoms with Crippen LogP contribution in [0.25, 0.3) is 11.2 Å². The second-order valence-electron chi connectivity index (χ2n) is 9.21. The number of hydrogen-bond donors (Lipinski definition) is 2. The maximum absolute atomic E-state index is 10.4. The van der Waals surface area contributed by atoms with E-state index in [1.165, 1.54) is 0 Å². The summed E-state index contributed by atoms with van der Waals surface area (Å²) in [5, 5.41) is 20.6. The van der Waals surface area contributed by atoms with Crippen LogP contribution in [0.5, 0.6) is 0 Å². The predicted octanol–water partition coefficient (Wildman–Crippen LogP) is 2.00. The zero-order chi connectivity index (χ0) is 20.5. The van der Waals surface area contributed by atoms with Crippen LogP contribution < -0.4 is 5.46 Å². The number of nitrogens with zero attached hydrogens (tertiary/aromatic N) is 3.